The first-order valence-electron chi connectivity index (χ1n) is 11.8. The van der Waals surface area contributed by atoms with Crippen molar-refractivity contribution in [2.75, 3.05) is 13.2 Å². The molecular formula is C25H28FN5O4. The highest BCUT2D eigenvalue weighted by atomic mass is 19.1. The normalized spacial score (nSPS) is 23.2. The summed E-state index contributed by atoms with van der Waals surface area (Å²) >= 11 is 0. The molecule has 1 amide bonds. The van der Waals surface area contributed by atoms with Gasteiger partial charge in [-0.05, 0) is 62.9 Å². The van der Waals surface area contributed by atoms with E-state index in [2.05, 4.69) is 15.0 Å². The van der Waals surface area contributed by atoms with Gasteiger partial charge in [-0.25, -0.2) is 14.4 Å². The molecule has 2 aromatic heterocycles. The van der Waals surface area contributed by atoms with E-state index in [-0.39, 0.29) is 25.1 Å². The predicted molar refractivity (Wildman–Crippen MR) is 124 cm³/mol. The number of halogens is 1. The van der Waals surface area contributed by atoms with Crippen molar-refractivity contribution >= 4 is 5.91 Å². The number of ether oxygens (including phenoxy) is 3. The molecule has 9 nitrogen and oxygen atoms in total. The number of nitrogens with two attached hydrogens (primary N) is 1. The van der Waals surface area contributed by atoms with Gasteiger partial charge in [-0.15, -0.1) is 0 Å². The molecule has 35 heavy (non-hydrogen) atoms. The molecule has 3 aromatic rings. The molecule has 1 saturated carbocycles. The van der Waals surface area contributed by atoms with Crippen LogP contribution >= 0.6 is 0 Å². The van der Waals surface area contributed by atoms with Crippen molar-refractivity contribution in [2.24, 2.45) is 11.1 Å². The first-order chi connectivity index (χ1) is 16.9. The Morgan fingerprint density at radius 1 is 1.11 bits per heavy atom. The van der Waals surface area contributed by atoms with Crippen LogP contribution in [0.5, 0.6) is 6.01 Å². The Bertz CT molecular complexity index is 1180. The van der Waals surface area contributed by atoms with Crippen LogP contribution in [0, 0.1) is 11.2 Å². The molecule has 3 heterocycles. The minimum absolute atomic E-state index is 0.0990. The second-order valence-corrected chi connectivity index (χ2v) is 9.33. The highest BCUT2D eigenvalue weighted by Gasteiger charge is 2.39. The highest BCUT2D eigenvalue weighted by molar-refractivity contribution is 5.81. The quantitative estimate of drug-likeness (QED) is 0.547. The fraction of sp³-hybridized carbons (Fsp3) is 0.440. The molecule has 1 aliphatic carbocycles. The lowest BCUT2D eigenvalue weighted by atomic mass is 9.91. The molecule has 10 heteroatoms. The first-order valence-corrected chi connectivity index (χ1v) is 11.8. The Labute approximate surface area is 202 Å². The molecule has 0 spiro atoms. The van der Waals surface area contributed by atoms with Crippen molar-refractivity contribution in [3.8, 4) is 28.7 Å². The zero-order chi connectivity index (χ0) is 24.4. The number of carbonyl (C=O) groups is 1. The number of nitrogens with one attached hydrogen (secondary N) is 1. The van der Waals surface area contributed by atoms with Gasteiger partial charge < -0.3 is 24.9 Å². The van der Waals surface area contributed by atoms with E-state index in [1.54, 1.807) is 31.3 Å². The Morgan fingerprint density at radius 3 is 2.51 bits per heavy atom. The zero-order valence-electron chi connectivity index (χ0n) is 19.5. The molecule has 0 bridgehead atoms. The monoisotopic (exact) mass is 481 g/mol. The Hall–Kier alpha value is -3.37. The number of aromatic amines is 1. The molecule has 0 radical (unpaired) electrons. The number of rotatable bonds is 6. The summed E-state index contributed by atoms with van der Waals surface area (Å²) in [6.45, 7) is 1.89. The van der Waals surface area contributed by atoms with Gasteiger partial charge in [0.1, 0.15) is 11.9 Å². The molecule has 3 N–H and O–H groups in total. The lowest BCUT2D eigenvalue weighted by Gasteiger charge is -2.34. The number of primary amides is 1. The molecule has 2 aliphatic rings. The van der Waals surface area contributed by atoms with Crippen molar-refractivity contribution in [3.05, 3.63) is 48.2 Å². The number of aromatic nitrogens is 4. The summed E-state index contributed by atoms with van der Waals surface area (Å²) in [4.78, 5) is 28.6. The first kappa shape index (κ1) is 23.4. The van der Waals surface area contributed by atoms with Gasteiger partial charge in [0.2, 0.25) is 12.2 Å². The van der Waals surface area contributed by atoms with Crippen LogP contribution < -0.4 is 10.5 Å². The van der Waals surface area contributed by atoms with Gasteiger partial charge in [0.15, 0.2) is 5.82 Å². The van der Waals surface area contributed by atoms with E-state index in [0.29, 0.717) is 34.5 Å². The van der Waals surface area contributed by atoms with Crippen molar-refractivity contribution < 1.29 is 23.4 Å². The molecule has 5 rings (SSSR count). The van der Waals surface area contributed by atoms with E-state index in [9.17, 15) is 9.18 Å². The van der Waals surface area contributed by atoms with E-state index in [1.165, 1.54) is 18.6 Å². The molecule has 0 unspecified atom stereocenters. The predicted octanol–water partition coefficient (Wildman–Crippen LogP) is 3.92. The highest BCUT2D eigenvalue weighted by Crippen LogP contribution is 2.35. The fourth-order valence-electron chi connectivity index (χ4n) is 4.28. The van der Waals surface area contributed by atoms with Crippen LogP contribution in [-0.4, -0.2) is 45.2 Å². The minimum atomic E-state index is -0.913. The maximum absolute atomic E-state index is 13.6. The summed E-state index contributed by atoms with van der Waals surface area (Å²) in [5, 5.41) is 0. The Kier molecular flexibility index (Phi) is 6.48. The number of hydrogen-bond donors (Lipinski definition) is 2. The topological polar surface area (TPSA) is 125 Å². The van der Waals surface area contributed by atoms with Crippen molar-refractivity contribution in [1.29, 1.82) is 0 Å². The summed E-state index contributed by atoms with van der Waals surface area (Å²) < 4.78 is 31.2. The van der Waals surface area contributed by atoms with Crippen LogP contribution in [0.4, 0.5) is 4.39 Å². The van der Waals surface area contributed by atoms with Crippen molar-refractivity contribution in [2.45, 2.75) is 51.4 Å². The van der Waals surface area contributed by atoms with Gasteiger partial charge in [0, 0.05) is 11.8 Å². The molecule has 1 saturated heterocycles. The number of hydrogen-bond acceptors (Lipinski definition) is 7. The summed E-state index contributed by atoms with van der Waals surface area (Å²) in [6, 6.07) is 8.09. The van der Waals surface area contributed by atoms with E-state index in [1.807, 2.05) is 0 Å². The third-order valence-electron chi connectivity index (χ3n) is 6.48. The third-order valence-corrected chi connectivity index (χ3v) is 6.48. The average molecular weight is 482 g/mol. The van der Waals surface area contributed by atoms with Crippen LogP contribution in [0.3, 0.4) is 0 Å². The van der Waals surface area contributed by atoms with Crippen LogP contribution in [0.2, 0.25) is 0 Å². The van der Waals surface area contributed by atoms with Crippen LogP contribution in [-0.2, 0) is 14.3 Å². The van der Waals surface area contributed by atoms with Crippen molar-refractivity contribution in [3.63, 3.8) is 0 Å². The van der Waals surface area contributed by atoms with Gasteiger partial charge in [-0.3, -0.25) is 4.79 Å². The van der Waals surface area contributed by atoms with Crippen molar-refractivity contribution in [1.82, 2.24) is 19.9 Å². The van der Waals surface area contributed by atoms with E-state index in [0.717, 1.165) is 25.7 Å². The van der Waals surface area contributed by atoms with Gasteiger partial charge in [-0.1, -0.05) is 6.42 Å². The number of amides is 1. The van der Waals surface area contributed by atoms with Gasteiger partial charge in [-0.2, -0.15) is 4.98 Å². The Morgan fingerprint density at radius 2 is 1.83 bits per heavy atom. The molecule has 2 fully saturated rings. The second kappa shape index (κ2) is 9.71. The maximum atomic E-state index is 13.6. The standard InChI is InChI=1S/C25H28FN5O4/c1-25(23(27)32)13-33-22(34-14-25)21-30-19(15-7-9-16(26)10-8-15)20(31-21)18-11-12-28-24(29-18)35-17-5-3-2-4-6-17/h7-12,17,22H,2-6,13-14H2,1H3,(H2,27,32)(H,30,31). The largest absolute Gasteiger partial charge is 0.460 e. The zero-order valence-corrected chi connectivity index (χ0v) is 19.5. The molecule has 1 aliphatic heterocycles. The summed E-state index contributed by atoms with van der Waals surface area (Å²) in [7, 11) is 0. The minimum Gasteiger partial charge on any atom is -0.460 e. The number of nitrogens with zero attached hydrogens (tertiary/aromatic N) is 3. The molecule has 184 valence electrons. The lowest BCUT2D eigenvalue weighted by molar-refractivity contribution is -0.230. The van der Waals surface area contributed by atoms with Gasteiger partial charge in [0.05, 0.1) is 35.7 Å². The Balaban J connectivity index is 1.47. The SMILES string of the molecule is CC1(C(N)=O)COC(c2nc(-c3ccc(F)cc3)c(-c3ccnc(OC4CCCCC4)n3)[nH]2)OC1. The van der Waals surface area contributed by atoms with Crippen LogP contribution in [0.15, 0.2) is 36.5 Å². The second-order valence-electron chi connectivity index (χ2n) is 9.33. The van der Waals surface area contributed by atoms with E-state index >= 15 is 0 Å². The maximum Gasteiger partial charge on any atom is 0.317 e. The van der Waals surface area contributed by atoms with Crippen LogP contribution in [0.25, 0.3) is 22.6 Å². The van der Waals surface area contributed by atoms with Crippen LogP contribution in [0.1, 0.15) is 51.1 Å². The van der Waals surface area contributed by atoms with Gasteiger partial charge >= 0.3 is 6.01 Å². The number of H-pyrrole nitrogens is 1. The number of benzene rings is 1. The fourth-order valence-corrected chi connectivity index (χ4v) is 4.28. The lowest BCUT2D eigenvalue weighted by Crippen LogP contribution is -2.46. The smallest absolute Gasteiger partial charge is 0.317 e. The third kappa shape index (κ3) is 5.03. The summed E-state index contributed by atoms with van der Waals surface area (Å²) in [5.74, 6) is -0.435. The van der Waals surface area contributed by atoms with E-state index < -0.39 is 17.6 Å². The molecular weight excluding hydrogens is 453 g/mol. The summed E-state index contributed by atoms with van der Waals surface area (Å²) in [6.07, 6.45) is 6.40. The average Bonchev–Trinajstić information content (AvgIpc) is 3.31. The van der Waals surface area contributed by atoms with Gasteiger partial charge in [0.25, 0.3) is 0 Å². The van der Waals surface area contributed by atoms with E-state index in [4.69, 9.17) is 24.9 Å². The molecule has 1 aromatic carbocycles. The molecule has 0 atom stereocenters. The number of carbonyl (C=O) groups excluding carboxylic acids is 1. The summed E-state index contributed by atoms with van der Waals surface area (Å²) in [5.41, 5.74) is 6.98. The number of imidazole rings is 1.